The molecule has 1 aromatic carbocycles. The molecule has 1 N–H and O–H groups in total. The van der Waals surface area contributed by atoms with Gasteiger partial charge in [0.1, 0.15) is 0 Å². The maximum Gasteiger partial charge on any atom is 0.265 e. The molecule has 2 saturated heterocycles. The van der Waals surface area contributed by atoms with E-state index in [1.54, 1.807) is 28.6 Å². The van der Waals surface area contributed by atoms with Gasteiger partial charge in [-0.15, -0.1) is 12.4 Å². The summed E-state index contributed by atoms with van der Waals surface area (Å²) in [4.78, 5) is 14.8. The highest BCUT2D eigenvalue weighted by Gasteiger charge is 2.25. The third-order valence-electron chi connectivity index (χ3n) is 5.08. The first kappa shape index (κ1) is 22.1. The van der Waals surface area contributed by atoms with Gasteiger partial charge >= 0.3 is 0 Å². The number of carbonyl (C=O) groups is 1. The van der Waals surface area contributed by atoms with Crippen molar-refractivity contribution in [1.82, 2.24) is 19.6 Å². The van der Waals surface area contributed by atoms with Gasteiger partial charge < -0.3 is 4.90 Å². The highest BCUT2D eigenvalue weighted by molar-refractivity contribution is 7.89. The van der Waals surface area contributed by atoms with Crippen molar-refractivity contribution in [2.24, 2.45) is 0 Å². The van der Waals surface area contributed by atoms with E-state index < -0.39 is 10.0 Å². The summed E-state index contributed by atoms with van der Waals surface area (Å²) in [5.74, 6) is -0.201. The third kappa shape index (κ3) is 5.65. The lowest BCUT2D eigenvalue weighted by molar-refractivity contribution is 0.0662. The molecule has 3 rings (SSSR count). The van der Waals surface area contributed by atoms with Crippen LogP contribution < -0.4 is 5.43 Å². The summed E-state index contributed by atoms with van der Waals surface area (Å²) in [6.07, 6.45) is 3.98. The molecular weight excluding hydrogens is 388 g/mol. The lowest BCUT2D eigenvalue weighted by Crippen LogP contribution is -2.52. The first-order valence-electron chi connectivity index (χ1n) is 9.31. The van der Waals surface area contributed by atoms with E-state index in [1.165, 1.54) is 0 Å². The van der Waals surface area contributed by atoms with Crippen LogP contribution in [0.2, 0.25) is 0 Å². The maximum atomic E-state index is 12.8. The Balaban J connectivity index is 0.00000261. The number of sulfonamides is 1. The fraction of sp³-hybridized carbons (Fsp3) is 0.611. The van der Waals surface area contributed by atoms with Crippen LogP contribution in [0, 0.1) is 0 Å². The topological polar surface area (TPSA) is 73.0 Å². The number of nitrogens with one attached hydrogen (secondary N) is 1. The molecule has 0 saturated carbocycles. The highest BCUT2D eigenvalue weighted by atomic mass is 35.5. The van der Waals surface area contributed by atoms with Gasteiger partial charge in [0.25, 0.3) is 5.91 Å². The van der Waals surface area contributed by atoms with Gasteiger partial charge in [-0.2, -0.15) is 4.31 Å². The molecule has 0 atom stereocenters. The maximum absolute atomic E-state index is 12.8. The van der Waals surface area contributed by atoms with Crippen molar-refractivity contribution in [3.63, 3.8) is 0 Å². The highest BCUT2D eigenvalue weighted by Crippen LogP contribution is 2.20. The zero-order valence-corrected chi connectivity index (χ0v) is 17.4. The summed E-state index contributed by atoms with van der Waals surface area (Å²) in [7, 11) is -1.42. The van der Waals surface area contributed by atoms with Crippen LogP contribution in [-0.2, 0) is 10.0 Å². The molecule has 152 valence electrons. The first-order chi connectivity index (χ1) is 12.5. The molecule has 0 aromatic heterocycles. The van der Waals surface area contributed by atoms with E-state index in [0.717, 1.165) is 51.9 Å². The second kappa shape index (κ2) is 9.84. The SMILES string of the molecule is CN1CCN(NC(=O)c2ccc(S(=O)(=O)N3CCCCCC3)cc2)CC1.Cl. The van der Waals surface area contributed by atoms with Crippen molar-refractivity contribution in [2.75, 3.05) is 46.3 Å². The van der Waals surface area contributed by atoms with Gasteiger partial charge in [-0.1, -0.05) is 12.8 Å². The predicted octanol–water partition coefficient (Wildman–Crippen LogP) is 1.57. The quantitative estimate of drug-likeness (QED) is 0.806. The first-order valence-corrected chi connectivity index (χ1v) is 10.8. The summed E-state index contributed by atoms with van der Waals surface area (Å²) in [6.45, 7) is 4.54. The standard InChI is InChI=1S/C18H28N4O3S.ClH/c1-20-12-14-21(15-13-20)19-18(23)16-6-8-17(9-7-16)26(24,25)22-10-4-2-3-5-11-22;/h6-9H,2-5,10-15H2,1H3,(H,19,23);1H. The van der Waals surface area contributed by atoms with Crippen molar-refractivity contribution < 1.29 is 13.2 Å². The molecule has 27 heavy (non-hydrogen) atoms. The molecule has 9 heteroatoms. The van der Waals surface area contributed by atoms with Crippen molar-refractivity contribution in [1.29, 1.82) is 0 Å². The van der Waals surface area contributed by atoms with E-state index in [9.17, 15) is 13.2 Å². The van der Waals surface area contributed by atoms with Crippen molar-refractivity contribution in [3.05, 3.63) is 29.8 Å². The lowest BCUT2D eigenvalue weighted by Gasteiger charge is -2.32. The Hall–Kier alpha value is -1.19. The number of likely N-dealkylation sites (N-methyl/N-ethyl adjacent to an activating group) is 1. The van der Waals surface area contributed by atoms with Gasteiger partial charge in [0.15, 0.2) is 0 Å². The molecule has 0 bridgehead atoms. The smallest absolute Gasteiger partial charge is 0.265 e. The van der Waals surface area contributed by atoms with E-state index in [-0.39, 0.29) is 23.2 Å². The largest absolute Gasteiger partial charge is 0.304 e. The van der Waals surface area contributed by atoms with Gasteiger partial charge in [0, 0.05) is 44.8 Å². The number of amides is 1. The van der Waals surface area contributed by atoms with Crippen LogP contribution in [0.15, 0.2) is 29.2 Å². The molecular formula is C18H29ClN4O3S. The monoisotopic (exact) mass is 416 g/mol. The molecule has 2 aliphatic heterocycles. The van der Waals surface area contributed by atoms with Gasteiger partial charge in [0.05, 0.1) is 4.90 Å². The summed E-state index contributed by atoms with van der Waals surface area (Å²) in [6, 6.07) is 6.27. The lowest BCUT2D eigenvalue weighted by atomic mass is 10.2. The Kier molecular flexibility index (Phi) is 8.05. The van der Waals surface area contributed by atoms with Gasteiger partial charge in [0.2, 0.25) is 10.0 Å². The third-order valence-corrected chi connectivity index (χ3v) is 7.00. The number of hydrogen-bond donors (Lipinski definition) is 1. The minimum Gasteiger partial charge on any atom is -0.304 e. The van der Waals surface area contributed by atoms with Crippen molar-refractivity contribution >= 4 is 28.3 Å². The number of carbonyl (C=O) groups excluding carboxylic acids is 1. The molecule has 0 aliphatic carbocycles. The Morgan fingerprint density at radius 2 is 1.44 bits per heavy atom. The van der Waals surface area contributed by atoms with E-state index in [2.05, 4.69) is 17.4 Å². The summed E-state index contributed by atoms with van der Waals surface area (Å²) in [5.41, 5.74) is 3.36. The second-order valence-electron chi connectivity index (χ2n) is 7.07. The number of hydrogen-bond acceptors (Lipinski definition) is 5. The van der Waals surface area contributed by atoms with E-state index in [4.69, 9.17) is 0 Å². The van der Waals surface area contributed by atoms with Gasteiger partial charge in [-0.25, -0.2) is 13.4 Å². The molecule has 0 spiro atoms. The average molecular weight is 417 g/mol. The van der Waals surface area contributed by atoms with E-state index in [1.807, 2.05) is 5.01 Å². The summed E-state index contributed by atoms with van der Waals surface area (Å²) < 4.78 is 27.1. The van der Waals surface area contributed by atoms with Crippen LogP contribution in [0.3, 0.4) is 0 Å². The molecule has 1 amide bonds. The number of halogens is 1. The fourth-order valence-corrected chi connectivity index (χ4v) is 4.85. The number of piperazine rings is 1. The van der Waals surface area contributed by atoms with E-state index >= 15 is 0 Å². The van der Waals surface area contributed by atoms with Crippen LogP contribution in [0.1, 0.15) is 36.0 Å². The number of benzene rings is 1. The molecule has 1 aromatic rings. The summed E-state index contributed by atoms with van der Waals surface area (Å²) >= 11 is 0. The Morgan fingerprint density at radius 3 is 2.00 bits per heavy atom. The molecule has 0 unspecified atom stereocenters. The molecule has 0 radical (unpaired) electrons. The second-order valence-corrected chi connectivity index (χ2v) is 9.01. The molecule has 2 fully saturated rings. The molecule has 2 aliphatic rings. The zero-order valence-electron chi connectivity index (χ0n) is 15.8. The van der Waals surface area contributed by atoms with Gasteiger partial charge in [-0.05, 0) is 44.2 Å². The zero-order chi connectivity index (χ0) is 18.6. The molecule has 7 nitrogen and oxygen atoms in total. The van der Waals surface area contributed by atoms with Crippen LogP contribution >= 0.6 is 12.4 Å². The number of rotatable bonds is 4. The van der Waals surface area contributed by atoms with Gasteiger partial charge in [-0.3, -0.25) is 10.2 Å². The van der Waals surface area contributed by atoms with E-state index in [0.29, 0.717) is 18.7 Å². The van der Waals surface area contributed by atoms with Crippen LogP contribution in [0.4, 0.5) is 0 Å². The minimum atomic E-state index is -3.48. The van der Waals surface area contributed by atoms with Crippen molar-refractivity contribution in [3.8, 4) is 0 Å². The van der Waals surface area contributed by atoms with Crippen LogP contribution in [0.25, 0.3) is 0 Å². The fourth-order valence-electron chi connectivity index (χ4n) is 3.34. The number of hydrazine groups is 1. The Labute approximate surface area is 168 Å². The number of nitrogens with zero attached hydrogens (tertiary/aromatic N) is 3. The minimum absolute atomic E-state index is 0. The van der Waals surface area contributed by atoms with Crippen LogP contribution in [-0.4, -0.2) is 74.9 Å². The predicted molar refractivity (Wildman–Crippen MR) is 107 cm³/mol. The Bertz CT molecular complexity index is 711. The average Bonchev–Trinajstić information content (AvgIpc) is 2.94. The molecule has 2 heterocycles. The Morgan fingerprint density at radius 1 is 0.889 bits per heavy atom. The van der Waals surface area contributed by atoms with Crippen LogP contribution in [0.5, 0.6) is 0 Å². The van der Waals surface area contributed by atoms with Crippen molar-refractivity contribution in [2.45, 2.75) is 30.6 Å². The summed E-state index contributed by atoms with van der Waals surface area (Å²) in [5, 5.41) is 1.91. The normalized spacial score (nSPS) is 20.5.